The number of aliphatic hydroxyl groups is 1. The zero-order valence-electron chi connectivity index (χ0n) is 11.3. The summed E-state index contributed by atoms with van der Waals surface area (Å²) >= 11 is 0. The standard InChI is InChI=1S/C15H24FNO/c1-3-6-12(2)9-15(10-17,11-18)13-7-4-5-8-14(13)16/h4-5,7-8,12,18H,3,6,9-11,17H2,1-2H3. The van der Waals surface area contributed by atoms with Crippen molar-refractivity contribution in [2.45, 2.75) is 38.5 Å². The van der Waals surface area contributed by atoms with E-state index in [1.807, 2.05) is 0 Å². The first-order valence-corrected chi connectivity index (χ1v) is 6.65. The van der Waals surface area contributed by atoms with E-state index < -0.39 is 5.41 Å². The van der Waals surface area contributed by atoms with Crippen LogP contribution in [-0.4, -0.2) is 18.3 Å². The topological polar surface area (TPSA) is 46.2 Å². The molecule has 0 spiro atoms. The van der Waals surface area contributed by atoms with Gasteiger partial charge in [0.1, 0.15) is 5.82 Å². The maximum absolute atomic E-state index is 13.9. The van der Waals surface area contributed by atoms with Crippen molar-refractivity contribution in [1.82, 2.24) is 0 Å². The predicted molar refractivity (Wildman–Crippen MR) is 72.9 cm³/mol. The summed E-state index contributed by atoms with van der Waals surface area (Å²) < 4.78 is 13.9. The molecule has 0 aromatic heterocycles. The zero-order chi connectivity index (χ0) is 13.6. The fraction of sp³-hybridized carbons (Fsp3) is 0.600. The van der Waals surface area contributed by atoms with Gasteiger partial charge < -0.3 is 10.8 Å². The lowest BCUT2D eigenvalue weighted by atomic mass is 9.73. The number of benzene rings is 1. The molecule has 2 unspecified atom stereocenters. The van der Waals surface area contributed by atoms with E-state index in [9.17, 15) is 9.50 Å². The third-order valence-corrected chi connectivity index (χ3v) is 3.66. The molecule has 2 atom stereocenters. The Balaban J connectivity index is 3.03. The van der Waals surface area contributed by atoms with Crippen LogP contribution in [0.1, 0.15) is 38.7 Å². The maximum Gasteiger partial charge on any atom is 0.127 e. The van der Waals surface area contributed by atoms with E-state index in [4.69, 9.17) is 5.73 Å². The van der Waals surface area contributed by atoms with Crippen molar-refractivity contribution < 1.29 is 9.50 Å². The molecule has 0 aliphatic heterocycles. The molecule has 0 fully saturated rings. The molecule has 102 valence electrons. The van der Waals surface area contributed by atoms with Gasteiger partial charge in [-0.05, 0) is 24.0 Å². The van der Waals surface area contributed by atoms with Crippen LogP contribution in [0.15, 0.2) is 24.3 Å². The van der Waals surface area contributed by atoms with Crippen molar-refractivity contribution in [2.75, 3.05) is 13.2 Å². The fourth-order valence-electron chi connectivity index (χ4n) is 2.67. The molecule has 0 saturated carbocycles. The van der Waals surface area contributed by atoms with Crippen LogP contribution in [0.25, 0.3) is 0 Å². The van der Waals surface area contributed by atoms with Crippen LogP contribution in [0.5, 0.6) is 0 Å². The summed E-state index contributed by atoms with van der Waals surface area (Å²) in [5, 5.41) is 9.72. The summed E-state index contributed by atoms with van der Waals surface area (Å²) in [5.74, 6) is 0.144. The SMILES string of the molecule is CCCC(C)CC(CN)(CO)c1ccccc1F. The Labute approximate surface area is 109 Å². The number of halogens is 1. The minimum absolute atomic E-state index is 0.113. The summed E-state index contributed by atoms with van der Waals surface area (Å²) in [6, 6.07) is 6.62. The van der Waals surface area contributed by atoms with Crippen molar-refractivity contribution in [3.05, 3.63) is 35.6 Å². The first-order chi connectivity index (χ1) is 8.59. The molecule has 0 amide bonds. The Morgan fingerprint density at radius 2 is 2.06 bits per heavy atom. The molecule has 3 heteroatoms. The highest BCUT2D eigenvalue weighted by Crippen LogP contribution is 2.33. The second-order valence-electron chi connectivity index (χ2n) is 5.22. The Kier molecular flexibility index (Phi) is 5.76. The van der Waals surface area contributed by atoms with Crippen molar-refractivity contribution in [3.8, 4) is 0 Å². The van der Waals surface area contributed by atoms with Crippen LogP contribution in [0.2, 0.25) is 0 Å². The van der Waals surface area contributed by atoms with Gasteiger partial charge in [0, 0.05) is 12.0 Å². The highest BCUT2D eigenvalue weighted by molar-refractivity contribution is 5.28. The third kappa shape index (κ3) is 3.30. The number of hydrogen-bond donors (Lipinski definition) is 2. The number of rotatable bonds is 7. The molecule has 0 aliphatic rings. The van der Waals surface area contributed by atoms with Crippen LogP contribution in [0.4, 0.5) is 4.39 Å². The molecule has 1 aromatic rings. The van der Waals surface area contributed by atoms with Gasteiger partial charge in [0.05, 0.1) is 6.61 Å². The lowest BCUT2D eigenvalue weighted by Gasteiger charge is -2.34. The molecule has 0 bridgehead atoms. The molecule has 1 aromatic carbocycles. The van der Waals surface area contributed by atoms with Crippen molar-refractivity contribution in [1.29, 1.82) is 0 Å². The van der Waals surface area contributed by atoms with Crippen LogP contribution >= 0.6 is 0 Å². The molecule has 2 nitrogen and oxygen atoms in total. The minimum atomic E-state index is -0.653. The first kappa shape index (κ1) is 15.1. The summed E-state index contributed by atoms with van der Waals surface area (Å²) in [6.45, 7) is 4.41. The van der Waals surface area contributed by atoms with E-state index in [0.717, 1.165) is 19.3 Å². The molecular formula is C15H24FNO. The van der Waals surface area contributed by atoms with Gasteiger partial charge in [-0.15, -0.1) is 0 Å². The van der Waals surface area contributed by atoms with Gasteiger partial charge >= 0.3 is 0 Å². The quantitative estimate of drug-likeness (QED) is 0.785. The van der Waals surface area contributed by atoms with E-state index >= 15 is 0 Å². The van der Waals surface area contributed by atoms with Gasteiger partial charge in [-0.3, -0.25) is 0 Å². The maximum atomic E-state index is 13.9. The van der Waals surface area contributed by atoms with E-state index in [2.05, 4.69) is 13.8 Å². The molecule has 0 radical (unpaired) electrons. The highest BCUT2D eigenvalue weighted by atomic mass is 19.1. The first-order valence-electron chi connectivity index (χ1n) is 6.65. The largest absolute Gasteiger partial charge is 0.395 e. The Morgan fingerprint density at radius 1 is 1.39 bits per heavy atom. The van der Waals surface area contributed by atoms with Gasteiger partial charge in [-0.2, -0.15) is 0 Å². The second kappa shape index (κ2) is 6.86. The summed E-state index contributed by atoms with van der Waals surface area (Å²) in [7, 11) is 0. The summed E-state index contributed by atoms with van der Waals surface area (Å²) in [4.78, 5) is 0. The fourth-order valence-corrected chi connectivity index (χ4v) is 2.67. The molecule has 0 saturated heterocycles. The highest BCUT2D eigenvalue weighted by Gasteiger charge is 2.34. The lowest BCUT2D eigenvalue weighted by Crippen LogP contribution is -2.41. The molecule has 3 N–H and O–H groups in total. The van der Waals surface area contributed by atoms with Crippen LogP contribution in [-0.2, 0) is 5.41 Å². The van der Waals surface area contributed by atoms with Gasteiger partial charge in [0.25, 0.3) is 0 Å². The second-order valence-corrected chi connectivity index (χ2v) is 5.22. The van der Waals surface area contributed by atoms with Gasteiger partial charge in [0.15, 0.2) is 0 Å². The Morgan fingerprint density at radius 3 is 2.56 bits per heavy atom. The van der Waals surface area contributed by atoms with Crippen molar-refractivity contribution in [2.24, 2.45) is 11.7 Å². The number of hydrogen-bond acceptors (Lipinski definition) is 2. The average molecular weight is 253 g/mol. The summed E-state index contributed by atoms with van der Waals surface area (Å²) in [6.07, 6.45) is 2.87. The third-order valence-electron chi connectivity index (χ3n) is 3.66. The molecular weight excluding hydrogens is 229 g/mol. The molecule has 0 heterocycles. The minimum Gasteiger partial charge on any atom is -0.395 e. The van der Waals surface area contributed by atoms with Crippen molar-refractivity contribution >= 4 is 0 Å². The average Bonchev–Trinajstić information content (AvgIpc) is 2.37. The zero-order valence-corrected chi connectivity index (χ0v) is 11.3. The van der Waals surface area contributed by atoms with E-state index in [-0.39, 0.29) is 19.0 Å². The van der Waals surface area contributed by atoms with Crippen LogP contribution in [0, 0.1) is 11.7 Å². The number of aliphatic hydroxyl groups excluding tert-OH is 1. The smallest absolute Gasteiger partial charge is 0.127 e. The van der Waals surface area contributed by atoms with E-state index in [1.165, 1.54) is 6.07 Å². The normalized spacial score (nSPS) is 16.3. The molecule has 1 rings (SSSR count). The summed E-state index contributed by atoms with van der Waals surface area (Å²) in [5.41, 5.74) is 5.72. The predicted octanol–water partition coefficient (Wildman–Crippen LogP) is 2.84. The van der Waals surface area contributed by atoms with Crippen LogP contribution in [0.3, 0.4) is 0 Å². The van der Waals surface area contributed by atoms with Gasteiger partial charge in [0.2, 0.25) is 0 Å². The van der Waals surface area contributed by atoms with Crippen LogP contribution < -0.4 is 5.73 Å². The van der Waals surface area contributed by atoms with E-state index in [1.54, 1.807) is 18.2 Å². The number of nitrogens with two attached hydrogens (primary N) is 1. The van der Waals surface area contributed by atoms with Gasteiger partial charge in [-0.25, -0.2) is 4.39 Å². The lowest BCUT2D eigenvalue weighted by molar-refractivity contribution is 0.166. The van der Waals surface area contributed by atoms with Gasteiger partial charge in [-0.1, -0.05) is 44.9 Å². The monoisotopic (exact) mass is 253 g/mol. The Bertz CT molecular complexity index is 363. The van der Waals surface area contributed by atoms with E-state index in [0.29, 0.717) is 11.5 Å². The molecule has 0 aliphatic carbocycles. The van der Waals surface area contributed by atoms with Crippen molar-refractivity contribution in [3.63, 3.8) is 0 Å². The molecule has 18 heavy (non-hydrogen) atoms. The Hall–Kier alpha value is -0.930.